The molecule has 1 amide bonds. The maximum atomic E-state index is 14.0. The van der Waals surface area contributed by atoms with E-state index < -0.39 is 7.37 Å². The van der Waals surface area contributed by atoms with Gasteiger partial charge in [-0.3, -0.25) is 9.36 Å². The summed E-state index contributed by atoms with van der Waals surface area (Å²) in [6.45, 7) is 0.200. The van der Waals surface area contributed by atoms with E-state index in [4.69, 9.17) is 14.4 Å². The number of hydrogen-bond donors (Lipinski definition) is 2. The van der Waals surface area contributed by atoms with Gasteiger partial charge in [-0.05, 0) is 66.2 Å². The van der Waals surface area contributed by atoms with E-state index in [-0.39, 0.29) is 25.5 Å². The molecule has 0 saturated carbocycles. The van der Waals surface area contributed by atoms with Crippen LogP contribution in [0.3, 0.4) is 0 Å². The minimum atomic E-state index is -3.36. The SMILES string of the molecule is O=C(CCOc1ccc(CO)cc1)Nc1ccc(OP(=O)(c2ccccc2)c2ccccc2)cc1. The number of hydrogen-bond acceptors (Lipinski definition) is 5. The molecule has 0 fully saturated rings. The van der Waals surface area contributed by atoms with Crippen molar-refractivity contribution in [1.82, 2.24) is 0 Å². The lowest BCUT2D eigenvalue weighted by molar-refractivity contribution is -0.116. The molecule has 0 aromatic heterocycles. The van der Waals surface area contributed by atoms with Crippen molar-refractivity contribution in [3.05, 3.63) is 115 Å². The third-order valence-corrected chi connectivity index (χ3v) is 7.69. The number of carbonyl (C=O) groups excluding carboxylic acids is 1. The Morgan fingerprint density at radius 1 is 0.743 bits per heavy atom. The Labute approximate surface area is 204 Å². The van der Waals surface area contributed by atoms with Gasteiger partial charge in [-0.2, -0.15) is 0 Å². The maximum absolute atomic E-state index is 14.0. The van der Waals surface area contributed by atoms with Crippen molar-refractivity contribution in [2.45, 2.75) is 13.0 Å². The molecule has 0 heterocycles. The van der Waals surface area contributed by atoms with Crippen LogP contribution in [0.4, 0.5) is 5.69 Å². The van der Waals surface area contributed by atoms with Gasteiger partial charge in [0.2, 0.25) is 5.91 Å². The lowest BCUT2D eigenvalue weighted by atomic mass is 10.2. The number of ether oxygens (including phenoxy) is 1. The van der Waals surface area contributed by atoms with Crippen LogP contribution in [0.15, 0.2) is 109 Å². The van der Waals surface area contributed by atoms with Crippen LogP contribution in [0.2, 0.25) is 0 Å². The molecule has 0 saturated heterocycles. The molecule has 4 aromatic rings. The summed E-state index contributed by atoms with van der Waals surface area (Å²) in [5.41, 5.74) is 1.40. The van der Waals surface area contributed by atoms with Gasteiger partial charge in [-0.15, -0.1) is 0 Å². The number of benzene rings is 4. The predicted octanol–water partition coefficient (Wildman–Crippen LogP) is 4.89. The molecule has 0 radical (unpaired) electrons. The highest BCUT2D eigenvalue weighted by Crippen LogP contribution is 2.45. The fourth-order valence-electron chi connectivity index (χ4n) is 3.43. The Bertz CT molecular complexity index is 1230. The van der Waals surface area contributed by atoms with E-state index in [2.05, 4.69) is 5.32 Å². The zero-order chi connectivity index (χ0) is 24.5. The standard InChI is InChI=1S/C28H26NO5P/c30-21-22-11-15-24(16-12-22)33-20-19-28(31)29-23-13-17-25(18-14-23)34-35(32,26-7-3-1-4-8-26)27-9-5-2-6-10-27/h1-18,30H,19-21H2,(H,29,31). The van der Waals surface area contributed by atoms with Crippen molar-refractivity contribution in [2.24, 2.45) is 0 Å². The van der Waals surface area contributed by atoms with Gasteiger partial charge in [0.1, 0.15) is 11.5 Å². The highest BCUT2D eigenvalue weighted by Gasteiger charge is 2.29. The van der Waals surface area contributed by atoms with Crippen LogP contribution in [0.25, 0.3) is 0 Å². The van der Waals surface area contributed by atoms with E-state index in [1.54, 1.807) is 72.8 Å². The van der Waals surface area contributed by atoms with Crippen LogP contribution in [0, 0.1) is 0 Å². The van der Waals surface area contributed by atoms with Gasteiger partial charge in [0.05, 0.1) is 30.2 Å². The molecule has 4 aromatic carbocycles. The Hall–Kier alpha value is -3.86. The van der Waals surface area contributed by atoms with E-state index in [0.717, 1.165) is 5.56 Å². The Morgan fingerprint density at radius 3 is 1.83 bits per heavy atom. The zero-order valence-electron chi connectivity index (χ0n) is 19.0. The van der Waals surface area contributed by atoms with Crippen LogP contribution >= 0.6 is 7.37 Å². The van der Waals surface area contributed by atoms with Crippen LogP contribution < -0.4 is 25.2 Å². The molecular weight excluding hydrogens is 461 g/mol. The quantitative estimate of drug-likeness (QED) is 0.311. The average Bonchev–Trinajstić information content (AvgIpc) is 2.91. The van der Waals surface area contributed by atoms with Crippen molar-refractivity contribution in [1.29, 1.82) is 0 Å². The van der Waals surface area contributed by atoms with Crippen molar-refractivity contribution in [3.63, 3.8) is 0 Å². The highest BCUT2D eigenvalue weighted by atomic mass is 31.2. The molecular formula is C28H26NO5P. The van der Waals surface area contributed by atoms with Crippen molar-refractivity contribution >= 4 is 29.6 Å². The summed E-state index contributed by atoms with van der Waals surface area (Å²) in [4.78, 5) is 12.3. The molecule has 178 valence electrons. The number of carbonyl (C=O) groups is 1. The first kappa shape index (κ1) is 24.3. The van der Waals surface area contributed by atoms with E-state index in [0.29, 0.717) is 27.8 Å². The normalized spacial score (nSPS) is 11.0. The van der Waals surface area contributed by atoms with Crippen molar-refractivity contribution < 1.29 is 23.7 Å². The molecule has 0 unspecified atom stereocenters. The first-order chi connectivity index (χ1) is 17.1. The summed E-state index contributed by atoms with van der Waals surface area (Å²) in [7, 11) is -3.36. The maximum Gasteiger partial charge on any atom is 0.306 e. The topological polar surface area (TPSA) is 84.9 Å². The number of aliphatic hydroxyl groups excluding tert-OH is 1. The molecule has 0 aliphatic rings. The monoisotopic (exact) mass is 487 g/mol. The van der Waals surface area contributed by atoms with Crippen molar-refractivity contribution in [3.8, 4) is 11.5 Å². The molecule has 7 heteroatoms. The predicted molar refractivity (Wildman–Crippen MR) is 138 cm³/mol. The largest absolute Gasteiger partial charge is 0.493 e. The third kappa shape index (κ3) is 6.38. The fourth-order valence-corrected chi connectivity index (χ4v) is 5.48. The summed E-state index contributed by atoms with van der Waals surface area (Å²) in [6.07, 6.45) is 0.178. The van der Waals surface area contributed by atoms with Crippen molar-refractivity contribution in [2.75, 3.05) is 11.9 Å². The number of amides is 1. The van der Waals surface area contributed by atoms with Crippen LogP contribution in [0.5, 0.6) is 11.5 Å². The molecule has 4 rings (SSSR count). The molecule has 0 bridgehead atoms. The fraction of sp³-hybridized carbons (Fsp3) is 0.107. The number of aliphatic hydroxyl groups is 1. The van der Waals surface area contributed by atoms with Gasteiger partial charge >= 0.3 is 7.37 Å². The van der Waals surface area contributed by atoms with Gasteiger partial charge < -0.3 is 19.7 Å². The minimum absolute atomic E-state index is 0.0252. The summed E-state index contributed by atoms with van der Waals surface area (Å²) >= 11 is 0. The van der Waals surface area contributed by atoms with Gasteiger partial charge in [-0.1, -0.05) is 48.5 Å². The van der Waals surface area contributed by atoms with Crippen LogP contribution in [-0.2, 0) is 16.0 Å². The first-order valence-electron chi connectivity index (χ1n) is 11.2. The second-order valence-corrected chi connectivity index (χ2v) is 10.1. The Balaban J connectivity index is 1.37. The molecule has 0 aliphatic carbocycles. The summed E-state index contributed by atoms with van der Waals surface area (Å²) in [5, 5.41) is 13.1. The Kier molecular flexibility index (Phi) is 7.99. The smallest absolute Gasteiger partial charge is 0.306 e. The minimum Gasteiger partial charge on any atom is -0.493 e. The second kappa shape index (κ2) is 11.5. The van der Waals surface area contributed by atoms with Gasteiger partial charge in [0.15, 0.2) is 0 Å². The second-order valence-electron chi connectivity index (χ2n) is 7.79. The summed E-state index contributed by atoms with van der Waals surface area (Å²) in [6, 6.07) is 32.1. The van der Waals surface area contributed by atoms with E-state index in [1.165, 1.54) is 0 Å². The zero-order valence-corrected chi connectivity index (χ0v) is 19.9. The Morgan fingerprint density at radius 2 is 1.29 bits per heavy atom. The average molecular weight is 487 g/mol. The van der Waals surface area contributed by atoms with E-state index >= 15 is 0 Å². The third-order valence-electron chi connectivity index (χ3n) is 5.27. The molecule has 2 N–H and O–H groups in total. The summed E-state index contributed by atoms with van der Waals surface area (Å²) < 4.78 is 25.7. The number of nitrogens with one attached hydrogen (secondary N) is 1. The highest BCUT2D eigenvalue weighted by molar-refractivity contribution is 7.74. The van der Waals surface area contributed by atoms with E-state index in [1.807, 2.05) is 36.4 Å². The molecule has 0 aliphatic heterocycles. The molecule has 0 atom stereocenters. The first-order valence-corrected chi connectivity index (χ1v) is 12.8. The lowest BCUT2D eigenvalue weighted by Gasteiger charge is -2.20. The molecule has 6 nitrogen and oxygen atoms in total. The van der Waals surface area contributed by atoms with Gasteiger partial charge in [0, 0.05) is 5.69 Å². The lowest BCUT2D eigenvalue weighted by Crippen LogP contribution is -2.20. The van der Waals surface area contributed by atoms with Crippen LogP contribution in [-0.4, -0.2) is 17.6 Å². The van der Waals surface area contributed by atoms with Gasteiger partial charge in [0.25, 0.3) is 0 Å². The number of anilines is 1. The van der Waals surface area contributed by atoms with Gasteiger partial charge in [-0.25, -0.2) is 0 Å². The van der Waals surface area contributed by atoms with Crippen LogP contribution in [0.1, 0.15) is 12.0 Å². The molecule has 35 heavy (non-hydrogen) atoms. The number of rotatable bonds is 10. The van der Waals surface area contributed by atoms with E-state index in [9.17, 15) is 9.36 Å². The molecule has 0 spiro atoms. The summed E-state index contributed by atoms with van der Waals surface area (Å²) in [5.74, 6) is 0.886.